The third kappa shape index (κ3) is 3.95. The van der Waals surface area contributed by atoms with Crippen molar-refractivity contribution in [2.75, 3.05) is 0 Å². The predicted molar refractivity (Wildman–Crippen MR) is 174 cm³/mol. The van der Waals surface area contributed by atoms with E-state index in [1.807, 2.05) is 23.1 Å². The van der Waals surface area contributed by atoms with Crippen LogP contribution in [-0.2, 0) is 0 Å². The number of hydrogen-bond donors (Lipinski definition) is 0. The third-order valence-electron chi connectivity index (χ3n) is 7.87. The Morgan fingerprint density at radius 2 is 1.15 bits per heavy atom. The van der Waals surface area contributed by atoms with Crippen molar-refractivity contribution in [3.63, 3.8) is 0 Å². The first kappa shape index (κ1) is 23.5. The SMILES string of the molecule is BrC1c2ccc(-c3cccc(-c4ccc5c(c4)sc4ccccc45)c3)cc2SC1c1cccc2ccccc12. The zero-order valence-corrected chi connectivity index (χ0v) is 24.2. The Morgan fingerprint density at radius 3 is 2.05 bits per heavy atom. The minimum Gasteiger partial charge on any atom is -0.135 e. The van der Waals surface area contributed by atoms with E-state index in [2.05, 4.69) is 143 Å². The number of rotatable bonds is 3. The molecule has 0 fully saturated rings. The Morgan fingerprint density at radius 1 is 0.487 bits per heavy atom. The zero-order chi connectivity index (χ0) is 25.9. The Kier molecular flexibility index (Phi) is 5.65. The summed E-state index contributed by atoms with van der Waals surface area (Å²) in [5.74, 6) is 0. The Labute approximate surface area is 244 Å². The van der Waals surface area contributed by atoms with Gasteiger partial charge in [0.05, 0.1) is 10.1 Å². The minimum absolute atomic E-state index is 0.289. The van der Waals surface area contributed by atoms with E-state index < -0.39 is 0 Å². The smallest absolute Gasteiger partial charge is 0.0569 e. The van der Waals surface area contributed by atoms with Gasteiger partial charge in [-0.25, -0.2) is 0 Å². The second kappa shape index (κ2) is 9.38. The van der Waals surface area contributed by atoms with Gasteiger partial charge in [-0.1, -0.05) is 119 Å². The maximum atomic E-state index is 4.06. The molecule has 3 heteroatoms. The quantitative estimate of drug-likeness (QED) is 0.182. The average Bonchev–Trinajstić information content (AvgIpc) is 3.53. The number of alkyl halides is 1. The summed E-state index contributed by atoms with van der Waals surface area (Å²) in [6.45, 7) is 0. The van der Waals surface area contributed by atoms with E-state index in [0.717, 1.165) is 0 Å². The molecule has 0 amide bonds. The lowest BCUT2D eigenvalue weighted by Crippen LogP contribution is -1.97. The van der Waals surface area contributed by atoms with Crippen LogP contribution in [0, 0.1) is 0 Å². The van der Waals surface area contributed by atoms with Crippen LogP contribution in [0.2, 0.25) is 0 Å². The van der Waals surface area contributed by atoms with Crippen LogP contribution >= 0.6 is 39.0 Å². The molecule has 1 aliphatic rings. The molecule has 8 rings (SSSR count). The molecule has 39 heavy (non-hydrogen) atoms. The number of hydrogen-bond acceptors (Lipinski definition) is 2. The van der Waals surface area contributed by atoms with E-state index in [1.54, 1.807) is 0 Å². The van der Waals surface area contributed by atoms with E-state index >= 15 is 0 Å². The fourth-order valence-electron chi connectivity index (χ4n) is 5.91. The normalized spacial score (nSPS) is 16.7. The van der Waals surface area contributed by atoms with Gasteiger partial charge in [-0.3, -0.25) is 0 Å². The highest BCUT2D eigenvalue weighted by Crippen LogP contribution is 2.58. The van der Waals surface area contributed by atoms with Gasteiger partial charge in [-0.2, -0.15) is 0 Å². The van der Waals surface area contributed by atoms with Crippen molar-refractivity contribution in [1.82, 2.24) is 0 Å². The molecule has 186 valence electrons. The fraction of sp³-hybridized carbons (Fsp3) is 0.0556. The van der Waals surface area contributed by atoms with Crippen molar-refractivity contribution in [2.45, 2.75) is 15.0 Å². The monoisotopic (exact) mass is 598 g/mol. The fourth-order valence-corrected chi connectivity index (χ4v) is 9.61. The second-order valence-electron chi connectivity index (χ2n) is 10.2. The van der Waals surface area contributed by atoms with E-state index in [-0.39, 0.29) is 4.83 Å². The topological polar surface area (TPSA) is 0 Å². The van der Waals surface area contributed by atoms with E-state index in [0.29, 0.717) is 5.25 Å². The molecule has 0 bridgehead atoms. The summed E-state index contributed by atoms with van der Waals surface area (Å²) < 4.78 is 2.69. The van der Waals surface area contributed by atoms with Crippen molar-refractivity contribution in [1.29, 1.82) is 0 Å². The Bertz CT molecular complexity index is 2030. The zero-order valence-electron chi connectivity index (χ0n) is 21.0. The van der Waals surface area contributed by atoms with Crippen LogP contribution in [0.15, 0.2) is 132 Å². The highest BCUT2D eigenvalue weighted by Gasteiger charge is 2.33. The van der Waals surface area contributed by atoms with Crippen LogP contribution in [0.4, 0.5) is 0 Å². The highest BCUT2D eigenvalue weighted by molar-refractivity contribution is 9.09. The summed E-state index contributed by atoms with van der Waals surface area (Å²) in [6.07, 6.45) is 0. The van der Waals surface area contributed by atoms with Crippen LogP contribution in [0.25, 0.3) is 53.2 Å². The van der Waals surface area contributed by atoms with E-state index in [1.165, 1.54) is 69.2 Å². The van der Waals surface area contributed by atoms with Gasteiger partial charge in [0.2, 0.25) is 0 Å². The summed E-state index contributed by atoms with van der Waals surface area (Å²) in [5.41, 5.74) is 7.83. The molecule has 0 spiro atoms. The van der Waals surface area contributed by atoms with Crippen molar-refractivity contribution >= 4 is 70.0 Å². The minimum atomic E-state index is 0.289. The molecule has 0 aliphatic carbocycles. The molecule has 7 aromatic rings. The second-order valence-corrected chi connectivity index (χ2v) is 13.4. The van der Waals surface area contributed by atoms with Gasteiger partial charge in [0, 0.05) is 25.1 Å². The molecule has 6 aromatic carbocycles. The molecule has 2 heterocycles. The van der Waals surface area contributed by atoms with Crippen LogP contribution in [-0.4, -0.2) is 0 Å². The summed E-state index contributed by atoms with van der Waals surface area (Å²) in [7, 11) is 0. The summed E-state index contributed by atoms with van der Waals surface area (Å²) in [6, 6.07) is 47.0. The lowest BCUT2D eigenvalue weighted by molar-refractivity contribution is 0.947. The van der Waals surface area contributed by atoms with Gasteiger partial charge >= 0.3 is 0 Å². The van der Waals surface area contributed by atoms with Gasteiger partial charge in [-0.05, 0) is 68.4 Å². The van der Waals surface area contributed by atoms with Crippen molar-refractivity contribution in [3.8, 4) is 22.3 Å². The molecule has 0 saturated heterocycles. The lowest BCUT2D eigenvalue weighted by atomic mass is 9.96. The van der Waals surface area contributed by atoms with E-state index in [9.17, 15) is 0 Å². The first-order valence-corrected chi connectivity index (χ1v) is 15.8. The molecule has 1 aromatic heterocycles. The molecule has 0 nitrogen and oxygen atoms in total. The standard InChI is InChI=1S/C36H23BrS2/c37-35-31-18-16-26(21-34(31)39-36(35)30-13-6-8-22-7-1-2-11-27(22)30)24-10-5-9-23(19-24)25-15-17-29-28-12-3-4-14-32(28)38-33(29)20-25/h1-21,35-36H. The number of thiophene rings is 1. The van der Waals surface area contributed by atoms with Gasteiger partial charge in [0.25, 0.3) is 0 Å². The lowest BCUT2D eigenvalue weighted by Gasteiger charge is -2.16. The van der Waals surface area contributed by atoms with Crippen LogP contribution < -0.4 is 0 Å². The maximum Gasteiger partial charge on any atom is 0.0569 e. The van der Waals surface area contributed by atoms with Gasteiger partial charge in [0.1, 0.15) is 0 Å². The first-order valence-electron chi connectivity index (χ1n) is 13.2. The summed E-state index contributed by atoms with van der Waals surface area (Å²) in [5, 5.41) is 5.69. The van der Waals surface area contributed by atoms with Crippen LogP contribution in [0.3, 0.4) is 0 Å². The number of thioether (sulfide) groups is 1. The summed E-state index contributed by atoms with van der Waals surface area (Å²) in [4.78, 5) is 1.65. The molecular weight excluding hydrogens is 576 g/mol. The third-order valence-corrected chi connectivity index (χ3v) is 11.8. The average molecular weight is 600 g/mol. The van der Waals surface area contributed by atoms with Crippen molar-refractivity contribution in [3.05, 3.63) is 139 Å². The van der Waals surface area contributed by atoms with E-state index in [4.69, 9.17) is 0 Å². The number of benzene rings is 6. The highest BCUT2D eigenvalue weighted by atomic mass is 79.9. The molecular formula is C36H23BrS2. The van der Waals surface area contributed by atoms with Crippen LogP contribution in [0.5, 0.6) is 0 Å². The van der Waals surface area contributed by atoms with Gasteiger partial charge in [0.15, 0.2) is 0 Å². The molecule has 0 radical (unpaired) electrons. The summed E-state index contributed by atoms with van der Waals surface area (Å²) >= 11 is 7.92. The van der Waals surface area contributed by atoms with Gasteiger partial charge in [-0.15, -0.1) is 23.1 Å². The molecule has 2 unspecified atom stereocenters. The Balaban J connectivity index is 1.14. The predicted octanol–water partition coefficient (Wildman–Crippen LogP) is 11.8. The molecule has 1 aliphatic heterocycles. The maximum absolute atomic E-state index is 4.06. The molecule has 0 saturated carbocycles. The van der Waals surface area contributed by atoms with Crippen LogP contribution in [0.1, 0.15) is 21.2 Å². The van der Waals surface area contributed by atoms with Crippen molar-refractivity contribution in [2.24, 2.45) is 0 Å². The van der Waals surface area contributed by atoms with Crippen molar-refractivity contribution < 1.29 is 0 Å². The number of fused-ring (bicyclic) bond motifs is 5. The Hall–Kier alpha value is -3.37. The number of halogens is 1. The van der Waals surface area contributed by atoms with Gasteiger partial charge < -0.3 is 0 Å². The largest absolute Gasteiger partial charge is 0.135 e. The molecule has 2 atom stereocenters. The first-order chi connectivity index (χ1) is 19.2. The molecule has 0 N–H and O–H groups in total.